The third-order valence-electron chi connectivity index (χ3n) is 4.18. The van der Waals surface area contributed by atoms with Crippen LogP contribution in [0.4, 0.5) is 5.69 Å². The molecule has 1 N–H and O–H groups in total. The van der Waals surface area contributed by atoms with E-state index >= 15 is 0 Å². The van der Waals surface area contributed by atoms with Gasteiger partial charge in [0.05, 0.1) is 30.9 Å². The zero-order valence-electron chi connectivity index (χ0n) is 13.4. The molecule has 1 fully saturated rings. The SMILES string of the molecule is Cn1nnc(CNC(=O)c2cnn3ccc(N4CCCC4)cc23)n1. The van der Waals surface area contributed by atoms with Crippen LogP contribution < -0.4 is 10.2 Å². The van der Waals surface area contributed by atoms with Gasteiger partial charge in [0.25, 0.3) is 5.91 Å². The standard InChI is InChI=1S/C15H18N8O/c1-21-19-14(18-20-21)10-16-15(24)12-9-17-23-7-4-11(8-13(12)23)22-5-2-3-6-22/h4,7-9H,2-3,5-6,10H2,1H3,(H,16,24). The van der Waals surface area contributed by atoms with E-state index in [0.717, 1.165) is 24.3 Å². The molecule has 0 aliphatic carbocycles. The molecule has 3 aromatic rings. The monoisotopic (exact) mass is 326 g/mol. The molecule has 1 saturated heterocycles. The number of nitrogens with zero attached hydrogens (tertiary/aromatic N) is 7. The van der Waals surface area contributed by atoms with Gasteiger partial charge in [-0.05, 0) is 30.2 Å². The van der Waals surface area contributed by atoms with Crippen molar-refractivity contribution in [2.75, 3.05) is 18.0 Å². The molecule has 0 unspecified atom stereocenters. The lowest BCUT2D eigenvalue weighted by molar-refractivity contribution is 0.0951. The maximum atomic E-state index is 12.5. The van der Waals surface area contributed by atoms with Crippen molar-refractivity contribution >= 4 is 17.1 Å². The summed E-state index contributed by atoms with van der Waals surface area (Å²) < 4.78 is 1.72. The molecule has 9 nitrogen and oxygen atoms in total. The van der Waals surface area contributed by atoms with E-state index < -0.39 is 0 Å². The Morgan fingerprint density at radius 2 is 2.17 bits per heavy atom. The zero-order chi connectivity index (χ0) is 16.5. The topological polar surface area (TPSA) is 93.2 Å². The molecule has 0 bridgehead atoms. The van der Waals surface area contributed by atoms with Crippen LogP contribution in [-0.2, 0) is 13.6 Å². The van der Waals surface area contributed by atoms with E-state index in [9.17, 15) is 4.79 Å². The molecular weight excluding hydrogens is 308 g/mol. The predicted octanol–water partition coefficient (Wildman–Crippen LogP) is 0.388. The second-order valence-corrected chi connectivity index (χ2v) is 5.84. The fraction of sp³-hybridized carbons (Fsp3) is 0.400. The van der Waals surface area contributed by atoms with Crippen molar-refractivity contribution in [3.63, 3.8) is 0 Å². The quantitative estimate of drug-likeness (QED) is 0.745. The number of rotatable bonds is 4. The number of carbonyl (C=O) groups excluding carboxylic acids is 1. The number of aryl methyl sites for hydroxylation is 1. The lowest BCUT2D eigenvalue weighted by atomic mass is 10.2. The summed E-state index contributed by atoms with van der Waals surface area (Å²) in [5.74, 6) is 0.274. The first kappa shape index (κ1) is 14.6. The number of anilines is 1. The van der Waals surface area contributed by atoms with Crippen LogP contribution in [0.15, 0.2) is 24.5 Å². The largest absolute Gasteiger partial charge is 0.371 e. The van der Waals surface area contributed by atoms with Gasteiger partial charge in [-0.2, -0.15) is 9.90 Å². The molecule has 9 heteroatoms. The third kappa shape index (κ3) is 2.68. The number of tetrazole rings is 1. The van der Waals surface area contributed by atoms with E-state index in [2.05, 4.69) is 30.7 Å². The molecule has 3 aromatic heterocycles. The Morgan fingerprint density at radius 1 is 1.33 bits per heavy atom. The lowest BCUT2D eigenvalue weighted by Crippen LogP contribution is -2.23. The number of hydrogen-bond acceptors (Lipinski definition) is 6. The molecule has 0 spiro atoms. The Hall–Kier alpha value is -2.97. The average molecular weight is 326 g/mol. The van der Waals surface area contributed by atoms with Crippen molar-refractivity contribution in [3.8, 4) is 0 Å². The smallest absolute Gasteiger partial charge is 0.255 e. The van der Waals surface area contributed by atoms with Crippen molar-refractivity contribution in [1.29, 1.82) is 0 Å². The van der Waals surface area contributed by atoms with E-state index in [0.29, 0.717) is 11.4 Å². The van der Waals surface area contributed by atoms with Crippen LogP contribution >= 0.6 is 0 Å². The summed E-state index contributed by atoms with van der Waals surface area (Å²) >= 11 is 0. The number of carbonyl (C=O) groups is 1. The van der Waals surface area contributed by atoms with Gasteiger partial charge in [-0.25, -0.2) is 4.52 Å². The van der Waals surface area contributed by atoms with E-state index in [4.69, 9.17) is 0 Å². The van der Waals surface area contributed by atoms with Gasteiger partial charge in [0.1, 0.15) is 0 Å². The number of nitrogens with one attached hydrogen (secondary N) is 1. The first-order valence-electron chi connectivity index (χ1n) is 7.94. The highest BCUT2D eigenvalue weighted by molar-refractivity contribution is 6.00. The molecule has 0 radical (unpaired) electrons. The molecule has 1 aliphatic heterocycles. The van der Waals surface area contributed by atoms with E-state index in [-0.39, 0.29) is 12.5 Å². The van der Waals surface area contributed by atoms with Crippen LogP contribution in [0, 0.1) is 0 Å². The Kier molecular flexibility index (Phi) is 3.60. The summed E-state index contributed by atoms with van der Waals surface area (Å²) in [6, 6.07) is 4.06. The molecule has 0 saturated carbocycles. The molecule has 24 heavy (non-hydrogen) atoms. The average Bonchev–Trinajstić information content (AvgIpc) is 3.32. The minimum Gasteiger partial charge on any atom is -0.371 e. The Morgan fingerprint density at radius 3 is 2.92 bits per heavy atom. The summed E-state index contributed by atoms with van der Waals surface area (Å²) in [6.07, 6.45) is 5.90. The summed E-state index contributed by atoms with van der Waals surface area (Å²) in [5, 5.41) is 18.7. The van der Waals surface area contributed by atoms with Gasteiger partial charge in [-0.1, -0.05) is 0 Å². The number of hydrogen-bond donors (Lipinski definition) is 1. The van der Waals surface area contributed by atoms with Crippen LogP contribution in [0.3, 0.4) is 0 Å². The molecular formula is C15H18N8O. The maximum Gasteiger partial charge on any atom is 0.255 e. The first-order valence-corrected chi connectivity index (χ1v) is 7.94. The van der Waals surface area contributed by atoms with Crippen molar-refractivity contribution in [2.24, 2.45) is 7.05 Å². The van der Waals surface area contributed by atoms with Crippen LogP contribution in [0.2, 0.25) is 0 Å². The van der Waals surface area contributed by atoms with Gasteiger partial charge in [-0.3, -0.25) is 4.79 Å². The van der Waals surface area contributed by atoms with E-state index in [1.807, 2.05) is 18.3 Å². The van der Waals surface area contributed by atoms with Gasteiger partial charge in [0.15, 0.2) is 5.82 Å². The minimum absolute atomic E-state index is 0.198. The second-order valence-electron chi connectivity index (χ2n) is 5.84. The summed E-state index contributed by atoms with van der Waals surface area (Å²) in [7, 11) is 1.68. The van der Waals surface area contributed by atoms with Crippen molar-refractivity contribution < 1.29 is 4.79 Å². The Bertz CT molecular complexity index is 877. The van der Waals surface area contributed by atoms with Gasteiger partial charge < -0.3 is 10.2 Å². The van der Waals surface area contributed by atoms with Crippen molar-refractivity contribution in [2.45, 2.75) is 19.4 Å². The molecule has 4 heterocycles. The highest BCUT2D eigenvalue weighted by atomic mass is 16.1. The minimum atomic E-state index is -0.198. The van der Waals surface area contributed by atoms with Crippen LogP contribution in [0.25, 0.3) is 5.52 Å². The lowest BCUT2D eigenvalue weighted by Gasteiger charge is -2.17. The highest BCUT2D eigenvalue weighted by Gasteiger charge is 2.17. The molecule has 1 amide bonds. The highest BCUT2D eigenvalue weighted by Crippen LogP contribution is 2.23. The fourth-order valence-corrected chi connectivity index (χ4v) is 2.97. The van der Waals surface area contributed by atoms with Crippen molar-refractivity contribution in [1.82, 2.24) is 35.1 Å². The fourth-order valence-electron chi connectivity index (χ4n) is 2.97. The summed E-state index contributed by atoms with van der Waals surface area (Å²) in [6.45, 7) is 2.35. The number of aromatic nitrogens is 6. The Labute approximate surface area is 138 Å². The molecule has 0 atom stereocenters. The second kappa shape index (κ2) is 5.91. The molecule has 124 valence electrons. The normalized spacial score (nSPS) is 14.5. The molecule has 4 rings (SSSR count). The first-order chi connectivity index (χ1) is 11.7. The predicted molar refractivity (Wildman–Crippen MR) is 86.6 cm³/mol. The maximum absolute atomic E-state index is 12.5. The Balaban J connectivity index is 1.56. The number of pyridine rings is 1. The van der Waals surface area contributed by atoms with Crippen LogP contribution in [-0.4, -0.2) is 48.8 Å². The number of fused-ring (bicyclic) bond motifs is 1. The third-order valence-corrected chi connectivity index (χ3v) is 4.18. The van der Waals surface area contributed by atoms with Crippen LogP contribution in [0.1, 0.15) is 29.0 Å². The van der Waals surface area contributed by atoms with E-state index in [1.54, 1.807) is 17.8 Å². The van der Waals surface area contributed by atoms with Gasteiger partial charge in [0.2, 0.25) is 0 Å². The molecule has 0 aromatic carbocycles. The van der Waals surface area contributed by atoms with Gasteiger partial charge >= 0.3 is 0 Å². The van der Waals surface area contributed by atoms with Gasteiger partial charge in [0, 0.05) is 25.0 Å². The summed E-state index contributed by atoms with van der Waals surface area (Å²) in [5.41, 5.74) is 2.47. The van der Waals surface area contributed by atoms with E-state index in [1.165, 1.54) is 17.6 Å². The number of amides is 1. The van der Waals surface area contributed by atoms with Crippen LogP contribution in [0.5, 0.6) is 0 Å². The zero-order valence-corrected chi connectivity index (χ0v) is 13.4. The molecule has 1 aliphatic rings. The van der Waals surface area contributed by atoms with Crippen molar-refractivity contribution in [3.05, 3.63) is 35.9 Å². The van der Waals surface area contributed by atoms with Gasteiger partial charge in [-0.15, -0.1) is 10.2 Å². The summed E-state index contributed by atoms with van der Waals surface area (Å²) in [4.78, 5) is 16.2.